The van der Waals surface area contributed by atoms with Crippen molar-refractivity contribution in [2.75, 3.05) is 5.32 Å². The van der Waals surface area contributed by atoms with Gasteiger partial charge in [0.25, 0.3) is 0 Å². The van der Waals surface area contributed by atoms with Gasteiger partial charge in [0.2, 0.25) is 5.52 Å². The van der Waals surface area contributed by atoms with E-state index in [2.05, 4.69) is 41.5 Å². The van der Waals surface area contributed by atoms with Crippen LogP contribution in [0.5, 0.6) is 5.75 Å². The molecule has 0 aliphatic rings. The van der Waals surface area contributed by atoms with Crippen LogP contribution in [0.2, 0.25) is 0 Å². The zero-order valence-corrected chi connectivity index (χ0v) is 11.6. The van der Waals surface area contributed by atoms with Crippen LogP contribution in [0, 0.1) is 13.8 Å². The third kappa shape index (κ3) is 2.43. The Morgan fingerprint density at radius 2 is 1.85 bits per heavy atom. The number of phenols is 1. The summed E-state index contributed by atoms with van der Waals surface area (Å²) in [6, 6.07) is 15.6. The van der Waals surface area contributed by atoms with Gasteiger partial charge in [-0.3, -0.25) is 0 Å². The predicted octanol–water partition coefficient (Wildman–Crippen LogP) is 3.72. The number of hydrogen-bond donors (Lipinski definition) is 2. The SMILES string of the molecule is Cc1ccc2[nH+]c(C)cc(Nc3cccc(O)c3)c2c1. The van der Waals surface area contributed by atoms with E-state index in [4.69, 9.17) is 0 Å². The fourth-order valence-electron chi connectivity index (χ4n) is 2.38. The summed E-state index contributed by atoms with van der Waals surface area (Å²) >= 11 is 0. The summed E-state index contributed by atoms with van der Waals surface area (Å²) in [6.45, 7) is 4.12. The van der Waals surface area contributed by atoms with Gasteiger partial charge in [-0.1, -0.05) is 12.1 Å². The lowest BCUT2D eigenvalue weighted by Crippen LogP contribution is -2.10. The number of aromatic hydroxyl groups is 1. The summed E-state index contributed by atoms with van der Waals surface area (Å²) in [5, 5.41) is 14.1. The average molecular weight is 265 g/mol. The van der Waals surface area contributed by atoms with Crippen LogP contribution in [0.15, 0.2) is 48.5 Å². The van der Waals surface area contributed by atoms with Gasteiger partial charge in [0.1, 0.15) is 5.75 Å². The lowest BCUT2D eigenvalue weighted by Gasteiger charge is -2.09. The van der Waals surface area contributed by atoms with Gasteiger partial charge in [-0.25, -0.2) is 4.98 Å². The van der Waals surface area contributed by atoms with E-state index in [1.807, 2.05) is 19.1 Å². The number of H-pyrrole nitrogens is 1. The largest absolute Gasteiger partial charge is 0.508 e. The molecule has 100 valence electrons. The third-order valence-corrected chi connectivity index (χ3v) is 3.28. The van der Waals surface area contributed by atoms with Crippen molar-refractivity contribution < 1.29 is 10.1 Å². The number of aromatic amines is 1. The molecule has 0 bridgehead atoms. The maximum Gasteiger partial charge on any atom is 0.213 e. The zero-order chi connectivity index (χ0) is 14.1. The topological polar surface area (TPSA) is 46.4 Å². The van der Waals surface area contributed by atoms with E-state index in [1.54, 1.807) is 12.1 Å². The second-order valence-corrected chi connectivity index (χ2v) is 5.09. The number of fused-ring (bicyclic) bond motifs is 1. The molecule has 1 aromatic heterocycles. The minimum Gasteiger partial charge on any atom is -0.508 e. The van der Waals surface area contributed by atoms with E-state index in [0.29, 0.717) is 0 Å². The smallest absolute Gasteiger partial charge is 0.213 e. The van der Waals surface area contributed by atoms with Crippen LogP contribution in [0.3, 0.4) is 0 Å². The monoisotopic (exact) mass is 265 g/mol. The van der Waals surface area contributed by atoms with Crippen molar-refractivity contribution in [2.45, 2.75) is 13.8 Å². The van der Waals surface area contributed by atoms with E-state index < -0.39 is 0 Å². The van der Waals surface area contributed by atoms with Crippen LogP contribution in [0.25, 0.3) is 10.9 Å². The maximum absolute atomic E-state index is 9.56. The van der Waals surface area contributed by atoms with Gasteiger partial charge in [0.05, 0.1) is 11.1 Å². The Morgan fingerprint density at radius 3 is 2.65 bits per heavy atom. The van der Waals surface area contributed by atoms with Crippen LogP contribution in [-0.2, 0) is 0 Å². The standard InChI is InChI=1S/C17H16N2O/c1-11-6-7-16-15(8-11)17(9-12(2)18-16)19-13-4-3-5-14(20)10-13/h3-10,20H,1-2H3,(H,18,19)/p+1. The number of anilines is 2. The first kappa shape index (κ1) is 12.5. The van der Waals surface area contributed by atoms with Crippen LogP contribution >= 0.6 is 0 Å². The number of aromatic nitrogens is 1. The molecule has 0 atom stereocenters. The second-order valence-electron chi connectivity index (χ2n) is 5.09. The minimum absolute atomic E-state index is 0.259. The minimum atomic E-state index is 0.259. The molecule has 0 saturated carbocycles. The Kier molecular flexibility index (Phi) is 3.03. The van der Waals surface area contributed by atoms with Crippen molar-refractivity contribution in [1.82, 2.24) is 0 Å². The van der Waals surface area contributed by atoms with E-state index in [1.165, 1.54) is 5.56 Å². The van der Waals surface area contributed by atoms with Gasteiger partial charge < -0.3 is 10.4 Å². The molecular formula is C17H17N2O+. The van der Waals surface area contributed by atoms with E-state index >= 15 is 0 Å². The molecule has 0 radical (unpaired) electrons. The van der Waals surface area contributed by atoms with Gasteiger partial charge in [-0.2, -0.15) is 0 Å². The molecule has 0 spiro atoms. The Labute approximate surface area is 117 Å². The summed E-state index contributed by atoms with van der Waals surface area (Å²) in [5.74, 6) is 0.259. The third-order valence-electron chi connectivity index (χ3n) is 3.28. The molecule has 0 aliphatic carbocycles. The normalized spacial score (nSPS) is 10.7. The first-order chi connectivity index (χ1) is 9.61. The fourth-order valence-corrected chi connectivity index (χ4v) is 2.38. The van der Waals surface area contributed by atoms with Crippen molar-refractivity contribution in [3.8, 4) is 5.75 Å². The summed E-state index contributed by atoms with van der Waals surface area (Å²) in [6.07, 6.45) is 0. The summed E-state index contributed by atoms with van der Waals surface area (Å²) in [5.41, 5.74) is 5.31. The Hall–Kier alpha value is -2.55. The van der Waals surface area contributed by atoms with Crippen LogP contribution in [-0.4, -0.2) is 5.11 Å². The molecule has 0 amide bonds. The zero-order valence-electron chi connectivity index (χ0n) is 11.6. The van der Waals surface area contributed by atoms with Gasteiger partial charge in [-0.05, 0) is 30.7 Å². The Bertz CT molecular complexity index is 781. The molecule has 1 heterocycles. The quantitative estimate of drug-likeness (QED) is 0.741. The van der Waals surface area contributed by atoms with Gasteiger partial charge in [0, 0.05) is 30.8 Å². The molecule has 2 aromatic carbocycles. The number of hydrogen-bond acceptors (Lipinski definition) is 2. The number of phenolic OH excluding ortho intramolecular Hbond substituents is 1. The lowest BCUT2D eigenvalue weighted by atomic mass is 10.1. The molecule has 3 heteroatoms. The van der Waals surface area contributed by atoms with Crippen molar-refractivity contribution in [3.05, 3.63) is 59.8 Å². The molecule has 0 fully saturated rings. The fraction of sp³-hybridized carbons (Fsp3) is 0.118. The van der Waals surface area contributed by atoms with Gasteiger partial charge in [0.15, 0.2) is 5.69 Å². The average Bonchev–Trinajstić information content (AvgIpc) is 2.39. The molecule has 0 saturated heterocycles. The molecule has 3 nitrogen and oxygen atoms in total. The first-order valence-corrected chi connectivity index (χ1v) is 6.61. The van der Waals surface area contributed by atoms with Gasteiger partial charge >= 0.3 is 0 Å². The van der Waals surface area contributed by atoms with Crippen LogP contribution < -0.4 is 10.3 Å². The summed E-state index contributed by atoms with van der Waals surface area (Å²) in [4.78, 5) is 3.37. The molecule has 0 unspecified atom stereocenters. The van der Waals surface area contributed by atoms with Crippen molar-refractivity contribution in [3.63, 3.8) is 0 Å². The Morgan fingerprint density at radius 1 is 1.00 bits per heavy atom. The number of rotatable bonds is 2. The number of benzene rings is 2. The molecule has 20 heavy (non-hydrogen) atoms. The Balaban J connectivity index is 2.12. The van der Waals surface area contributed by atoms with E-state index in [-0.39, 0.29) is 5.75 Å². The van der Waals surface area contributed by atoms with Crippen LogP contribution in [0.4, 0.5) is 11.4 Å². The molecule has 0 aliphatic heterocycles. The van der Waals surface area contributed by atoms with E-state index in [0.717, 1.165) is 28.0 Å². The van der Waals surface area contributed by atoms with Crippen molar-refractivity contribution in [1.29, 1.82) is 0 Å². The number of aryl methyl sites for hydroxylation is 2. The van der Waals surface area contributed by atoms with Crippen molar-refractivity contribution in [2.24, 2.45) is 0 Å². The number of pyridine rings is 1. The van der Waals surface area contributed by atoms with Gasteiger partial charge in [-0.15, -0.1) is 0 Å². The summed E-state index contributed by atoms with van der Waals surface area (Å²) < 4.78 is 0. The molecule has 3 N–H and O–H groups in total. The molecular weight excluding hydrogens is 248 g/mol. The van der Waals surface area contributed by atoms with E-state index in [9.17, 15) is 5.11 Å². The highest BCUT2D eigenvalue weighted by Gasteiger charge is 2.09. The predicted molar refractivity (Wildman–Crippen MR) is 81.4 cm³/mol. The summed E-state index contributed by atoms with van der Waals surface area (Å²) in [7, 11) is 0. The molecule has 3 rings (SSSR count). The first-order valence-electron chi connectivity index (χ1n) is 6.61. The molecule has 3 aromatic rings. The number of nitrogens with one attached hydrogen (secondary N) is 2. The lowest BCUT2D eigenvalue weighted by molar-refractivity contribution is -0.354. The maximum atomic E-state index is 9.56. The second kappa shape index (κ2) is 4.85. The highest BCUT2D eigenvalue weighted by molar-refractivity contribution is 5.91. The highest BCUT2D eigenvalue weighted by atomic mass is 16.3. The highest BCUT2D eigenvalue weighted by Crippen LogP contribution is 2.27. The van der Waals surface area contributed by atoms with Crippen LogP contribution in [0.1, 0.15) is 11.3 Å². The van der Waals surface area contributed by atoms with Crippen molar-refractivity contribution >= 4 is 22.3 Å².